The van der Waals surface area contributed by atoms with Gasteiger partial charge in [0.05, 0.1) is 4.92 Å². The molecule has 0 saturated carbocycles. The van der Waals surface area contributed by atoms with Crippen LogP contribution in [0, 0.1) is 16.0 Å². The SMILES string of the molecule is CC1CCCN(C(=O)CCNC(=O)c2ccc(NCc3ccccc3Cl)c([N+](=O)[O-])c2)C1. The average Bonchev–Trinajstić information content (AvgIpc) is 2.78. The number of nitro groups is 1. The van der Waals surface area contributed by atoms with E-state index in [0.29, 0.717) is 23.2 Å². The fourth-order valence-corrected chi connectivity index (χ4v) is 3.97. The molecule has 3 rings (SSSR count). The van der Waals surface area contributed by atoms with Crippen molar-refractivity contribution in [3.63, 3.8) is 0 Å². The van der Waals surface area contributed by atoms with Crippen LogP contribution in [-0.2, 0) is 11.3 Å². The third-order valence-electron chi connectivity index (χ3n) is 5.52. The molecule has 170 valence electrons. The molecule has 1 aliphatic rings. The third-order valence-corrected chi connectivity index (χ3v) is 5.89. The quantitative estimate of drug-likeness (QED) is 0.454. The van der Waals surface area contributed by atoms with Gasteiger partial charge in [-0.1, -0.05) is 36.7 Å². The fourth-order valence-electron chi connectivity index (χ4n) is 3.76. The van der Waals surface area contributed by atoms with E-state index in [0.717, 1.165) is 31.5 Å². The predicted octanol–water partition coefficient (Wildman–Crippen LogP) is 4.24. The highest BCUT2D eigenvalue weighted by molar-refractivity contribution is 6.31. The second-order valence-corrected chi connectivity index (χ2v) is 8.43. The van der Waals surface area contributed by atoms with Crippen molar-refractivity contribution in [3.8, 4) is 0 Å². The molecule has 0 radical (unpaired) electrons. The number of nitrogens with zero attached hydrogens (tertiary/aromatic N) is 2. The lowest BCUT2D eigenvalue weighted by Gasteiger charge is -2.31. The maximum absolute atomic E-state index is 12.5. The topological polar surface area (TPSA) is 105 Å². The van der Waals surface area contributed by atoms with Gasteiger partial charge in [-0.2, -0.15) is 0 Å². The highest BCUT2D eigenvalue weighted by Gasteiger charge is 2.21. The lowest BCUT2D eigenvalue weighted by atomic mass is 10.00. The van der Waals surface area contributed by atoms with Gasteiger partial charge in [-0.15, -0.1) is 0 Å². The zero-order valence-corrected chi connectivity index (χ0v) is 18.7. The summed E-state index contributed by atoms with van der Waals surface area (Å²) in [5.74, 6) is 0.0559. The van der Waals surface area contributed by atoms with E-state index in [1.165, 1.54) is 18.2 Å². The molecule has 32 heavy (non-hydrogen) atoms. The number of hydrogen-bond donors (Lipinski definition) is 2. The Morgan fingerprint density at radius 2 is 2.03 bits per heavy atom. The van der Waals surface area contributed by atoms with Crippen LogP contribution < -0.4 is 10.6 Å². The van der Waals surface area contributed by atoms with Crippen molar-refractivity contribution in [1.29, 1.82) is 0 Å². The first-order chi connectivity index (χ1) is 15.3. The Bertz CT molecular complexity index is 998. The number of benzene rings is 2. The number of likely N-dealkylation sites (tertiary alicyclic amines) is 1. The molecule has 2 N–H and O–H groups in total. The first-order valence-corrected chi connectivity index (χ1v) is 11.0. The van der Waals surface area contributed by atoms with Gasteiger partial charge in [-0.05, 0) is 42.5 Å². The van der Waals surface area contributed by atoms with E-state index in [1.807, 2.05) is 23.1 Å². The highest BCUT2D eigenvalue weighted by atomic mass is 35.5. The van der Waals surface area contributed by atoms with Crippen molar-refractivity contribution in [3.05, 3.63) is 68.7 Å². The van der Waals surface area contributed by atoms with Crippen molar-refractivity contribution >= 4 is 34.8 Å². The van der Waals surface area contributed by atoms with E-state index in [4.69, 9.17) is 11.6 Å². The van der Waals surface area contributed by atoms with Crippen LogP contribution in [0.4, 0.5) is 11.4 Å². The lowest BCUT2D eigenvalue weighted by molar-refractivity contribution is -0.384. The van der Waals surface area contributed by atoms with Gasteiger partial charge in [0.25, 0.3) is 11.6 Å². The molecule has 1 aliphatic heterocycles. The molecule has 0 bridgehead atoms. The van der Waals surface area contributed by atoms with Crippen molar-refractivity contribution in [2.75, 3.05) is 25.0 Å². The Morgan fingerprint density at radius 3 is 2.75 bits per heavy atom. The summed E-state index contributed by atoms with van der Waals surface area (Å²) in [5.41, 5.74) is 1.06. The molecule has 1 fully saturated rings. The maximum Gasteiger partial charge on any atom is 0.293 e. The standard InChI is InChI=1S/C23H27ClN4O4/c1-16-5-4-12-27(15-16)22(29)10-11-25-23(30)17-8-9-20(21(13-17)28(31)32)26-14-18-6-2-3-7-19(18)24/h2-3,6-9,13,16,26H,4-5,10-12,14-15H2,1H3,(H,25,30). The summed E-state index contributed by atoms with van der Waals surface area (Å²) >= 11 is 6.13. The predicted molar refractivity (Wildman–Crippen MR) is 124 cm³/mol. The monoisotopic (exact) mass is 458 g/mol. The summed E-state index contributed by atoms with van der Waals surface area (Å²) in [5, 5.41) is 17.8. The summed E-state index contributed by atoms with van der Waals surface area (Å²) in [4.78, 5) is 37.6. The summed E-state index contributed by atoms with van der Waals surface area (Å²) < 4.78 is 0. The van der Waals surface area contributed by atoms with Crippen molar-refractivity contribution in [1.82, 2.24) is 10.2 Å². The number of carbonyl (C=O) groups excluding carboxylic acids is 2. The molecule has 2 amide bonds. The van der Waals surface area contributed by atoms with Gasteiger partial charge in [-0.3, -0.25) is 19.7 Å². The van der Waals surface area contributed by atoms with Crippen LogP contribution in [0.2, 0.25) is 5.02 Å². The van der Waals surface area contributed by atoms with E-state index < -0.39 is 10.8 Å². The van der Waals surface area contributed by atoms with E-state index in [-0.39, 0.29) is 30.1 Å². The number of halogens is 1. The number of nitro benzene ring substituents is 1. The zero-order chi connectivity index (χ0) is 23.1. The van der Waals surface area contributed by atoms with Gasteiger partial charge in [-0.25, -0.2) is 0 Å². The molecule has 2 aromatic rings. The van der Waals surface area contributed by atoms with Crippen LogP contribution in [0.3, 0.4) is 0 Å². The van der Waals surface area contributed by atoms with Crippen LogP contribution in [0.1, 0.15) is 42.1 Å². The molecule has 9 heteroatoms. The minimum Gasteiger partial charge on any atom is -0.375 e. The summed E-state index contributed by atoms with van der Waals surface area (Å²) in [6, 6.07) is 11.5. The summed E-state index contributed by atoms with van der Waals surface area (Å²) in [6.45, 7) is 4.13. The average molecular weight is 459 g/mol. The number of anilines is 1. The van der Waals surface area contributed by atoms with Crippen molar-refractivity contribution in [2.24, 2.45) is 5.92 Å². The first kappa shape index (κ1) is 23.5. The number of piperidine rings is 1. The molecule has 1 unspecified atom stereocenters. The van der Waals surface area contributed by atoms with Crippen LogP contribution in [-0.4, -0.2) is 41.3 Å². The molecular formula is C23H27ClN4O4. The molecule has 8 nitrogen and oxygen atoms in total. The van der Waals surface area contributed by atoms with E-state index in [2.05, 4.69) is 17.6 Å². The number of rotatable bonds is 8. The molecule has 0 aliphatic carbocycles. The minimum atomic E-state index is -0.535. The Morgan fingerprint density at radius 1 is 1.25 bits per heavy atom. The van der Waals surface area contributed by atoms with Gasteiger partial charge >= 0.3 is 0 Å². The van der Waals surface area contributed by atoms with Gasteiger partial charge in [0.2, 0.25) is 5.91 Å². The number of carbonyl (C=O) groups is 2. The second kappa shape index (κ2) is 10.9. The van der Waals surface area contributed by atoms with Gasteiger partial charge < -0.3 is 15.5 Å². The minimum absolute atomic E-state index is 0.0157. The number of hydrogen-bond acceptors (Lipinski definition) is 5. The van der Waals surface area contributed by atoms with Gasteiger partial charge in [0.1, 0.15) is 5.69 Å². The van der Waals surface area contributed by atoms with E-state index in [1.54, 1.807) is 6.07 Å². The van der Waals surface area contributed by atoms with Gasteiger partial charge in [0, 0.05) is 49.3 Å². The molecule has 1 heterocycles. The number of nitrogens with one attached hydrogen (secondary N) is 2. The van der Waals surface area contributed by atoms with Crippen LogP contribution in [0.25, 0.3) is 0 Å². The normalized spacial score (nSPS) is 15.8. The van der Waals surface area contributed by atoms with Crippen molar-refractivity contribution in [2.45, 2.75) is 32.7 Å². The second-order valence-electron chi connectivity index (χ2n) is 8.03. The molecule has 2 aromatic carbocycles. The van der Waals surface area contributed by atoms with Crippen LogP contribution in [0.15, 0.2) is 42.5 Å². The smallest absolute Gasteiger partial charge is 0.293 e. The molecule has 0 spiro atoms. The zero-order valence-electron chi connectivity index (χ0n) is 18.0. The van der Waals surface area contributed by atoms with Crippen LogP contribution in [0.5, 0.6) is 0 Å². The first-order valence-electron chi connectivity index (χ1n) is 10.7. The summed E-state index contributed by atoms with van der Waals surface area (Å²) in [7, 11) is 0. The Hall–Kier alpha value is -3.13. The van der Waals surface area contributed by atoms with Crippen molar-refractivity contribution < 1.29 is 14.5 Å². The largest absolute Gasteiger partial charge is 0.375 e. The maximum atomic E-state index is 12.5. The van der Waals surface area contributed by atoms with E-state index in [9.17, 15) is 19.7 Å². The molecule has 0 aromatic heterocycles. The van der Waals surface area contributed by atoms with Crippen LogP contribution >= 0.6 is 11.6 Å². The van der Waals surface area contributed by atoms with Gasteiger partial charge in [0.15, 0.2) is 0 Å². The fraction of sp³-hybridized carbons (Fsp3) is 0.391. The lowest BCUT2D eigenvalue weighted by Crippen LogP contribution is -2.40. The molecule has 1 atom stereocenters. The van der Waals surface area contributed by atoms with E-state index >= 15 is 0 Å². The highest BCUT2D eigenvalue weighted by Crippen LogP contribution is 2.27. The Balaban J connectivity index is 1.58. The molecular weight excluding hydrogens is 432 g/mol. The summed E-state index contributed by atoms with van der Waals surface area (Å²) in [6.07, 6.45) is 2.33. The Kier molecular flexibility index (Phi) is 8.05. The Labute approximate surface area is 192 Å². The third kappa shape index (κ3) is 6.20. The molecule has 1 saturated heterocycles. The number of amides is 2.